The maximum absolute atomic E-state index is 4.88. The number of benzene rings is 1. The molecule has 150 valence electrons. The summed E-state index contributed by atoms with van der Waals surface area (Å²) >= 11 is 0. The van der Waals surface area contributed by atoms with Gasteiger partial charge in [0, 0.05) is 56.7 Å². The normalized spacial score (nSPS) is 14.3. The molecular formula is C22H27N7. The monoisotopic (exact) mass is 389 g/mol. The van der Waals surface area contributed by atoms with E-state index >= 15 is 0 Å². The maximum atomic E-state index is 4.88. The maximum Gasteiger partial charge on any atom is 0.225 e. The molecule has 1 saturated heterocycles. The molecule has 29 heavy (non-hydrogen) atoms. The summed E-state index contributed by atoms with van der Waals surface area (Å²) in [7, 11) is 0. The number of rotatable bonds is 6. The largest absolute Gasteiger partial charge is 0.370 e. The van der Waals surface area contributed by atoms with Crippen molar-refractivity contribution in [3.8, 4) is 11.4 Å². The van der Waals surface area contributed by atoms with Crippen LogP contribution in [0.3, 0.4) is 0 Å². The fourth-order valence-electron chi connectivity index (χ4n) is 3.30. The lowest BCUT2D eigenvalue weighted by atomic mass is 10.2. The van der Waals surface area contributed by atoms with Crippen molar-refractivity contribution in [3.05, 3.63) is 54.9 Å². The lowest BCUT2D eigenvalue weighted by Crippen LogP contribution is -2.47. The van der Waals surface area contributed by atoms with Crippen molar-refractivity contribution in [2.24, 2.45) is 5.92 Å². The molecule has 3 aromatic rings. The van der Waals surface area contributed by atoms with E-state index in [1.165, 1.54) is 0 Å². The molecule has 1 aliphatic rings. The lowest BCUT2D eigenvalue weighted by Gasteiger charge is -2.35. The van der Waals surface area contributed by atoms with Crippen molar-refractivity contribution in [1.29, 1.82) is 0 Å². The molecule has 7 heteroatoms. The number of aromatic nitrogens is 4. The van der Waals surface area contributed by atoms with Gasteiger partial charge in [0.2, 0.25) is 5.95 Å². The van der Waals surface area contributed by atoms with Crippen molar-refractivity contribution >= 4 is 17.6 Å². The Morgan fingerprint density at radius 2 is 1.59 bits per heavy atom. The van der Waals surface area contributed by atoms with Crippen LogP contribution in [0.1, 0.15) is 13.8 Å². The summed E-state index contributed by atoms with van der Waals surface area (Å²) in [6.45, 7) is 8.73. The van der Waals surface area contributed by atoms with Crippen molar-refractivity contribution in [3.63, 3.8) is 0 Å². The minimum absolute atomic E-state index is 0.544. The van der Waals surface area contributed by atoms with Gasteiger partial charge in [-0.25, -0.2) is 19.9 Å². The summed E-state index contributed by atoms with van der Waals surface area (Å²) in [5.41, 5.74) is 1.03. The third kappa shape index (κ3) is 4.80. The predicted molar refractivity (Wildman–Crippen MR) is 117 cm³/mol. The summed E-state index contributed by atoms with van der Waals surface area (Å²) in [4.78, 5) is 22.9. The summed E-state index contributed by atoms with van der Waals surface area (Å²) in [5.74, 6) is 3.92. The minimum Gasteiger partial charge on any atom is -0.370 e. The third-order valence-electron chi connectivity index (χ3n) is 4.87. The fraction of sp³-hybridized carbons (Fsp3) is 0.364. The molecule has 0 amide bonds. The van der Waals surface area contributed by atoms with Gasteiger partial charge in [0.15, 0.2) is 5.82 Å². The average molecular weight is 390 g/mol. The van der Waals surface area contributed by atoms with Gasteiger partial charge in [0.1, 0.15) is 11.6 Å². The summed E-state index contributed by atoms with van der Waals surface area (Å²) in [6.07, 6.45) is 3.58. The van der Waals surface area contributed by atoms with Gasteiger partial charge in [-0.15, -0.1) is 0 Å². The zero-order chi connectivity index (χ0) is 20.1. The predicted octanol–water partition coefficient (Wildman–Crippen LogP) is 3.33. The highest BCUT2D eigenvalue weighted by molar-refractivity contribution is 5.62. The quantitative estimate of drug-likeness (QED) is 0.693. The van der Waals surface area contributed by atoms with E-state index in [4.69, 9.17) is 9.97 Å². The van der Waals surface area contributed by atoms with E-state index in [-0.39, 0.29) is 0 Å². The Balaban J connectivity index is 1.55. The summed E-state index contributed by atoms with van der Waals surface area (Å²) in [6, 6.07) is 14.1. The van der Waals surface area contributed by atoms with Crippen LogP contribution in [-0.2, 0) is 0 Å². The van der Waals surface area contributed by atoms with Crippen LogP contribution in [0, 0.1) is 5.92 Å². The molecule has 1 fully saturated rings. The van der Waals surface area contributed by atoms with Gasteiger partial charge in [-0.2, -0.15) is 0 Å². The standard InChI is InChI=1S/C22H27N7/c1-17(2)16-25-19-15-20(27-21(26-19)18-7-4-3-5-8-18)28-11-13-29(14-12-28)22-23-9-6-10-24-22/h3-10,15,17H,11-14,16H2,1-2H3,(H,25,26,27). The van der Waals surface area contributed by atoms with Crippen LogP contribution in [-0.4, -0.2) is 52.7 Å². The van der Waals surface area contributed by atoms with Gasteiger partial charge >= 0.3 is 0 Å². The first-order valence-electron chi connectivity index (χ1n) is 10.1. The van der Waals surface area contributed by atoms with E-state index in [0.717, 1.165) is 61.7 Å². The van der Waals surface area contributed by atoms with Crippen LogP contribution in [0.15, 0.2) is 54.9 Å². The van der Waals surface area contributed by atoms with Crippen molar-refractivity contribution < 1.29 is 0 Å². The van der Waals surface area contributed by atoms with Gasteiger partial charge < -0.3 is 15.1 Å². The second-order valence-corrected chi connectivity index (χ2v) is 7.60. The molecule has 0 spiro atoms. The molecule has 1 aromatic carbocycles. The molecule has 0 unspecified atom stereocenters. The molecule has 0 atom stereocenters. The number of hydrogen-bond donors (Lipinski definition) is 1. The molecule has 0 saturated carbocycles. The Morgan fingerprint density at radius 3 is 2.28 bits per heavy atom. The fourth-order valence-corrected chi connectivity index (χ4v) is 3.30. The number of anilines is 3. The van der Waals surface area contributed by atoms with E-state index in [0.29, 0.717) is 5.92 Å². The highest BCUT2D eigenvalue weighted by Crippen LogP contribution is 2.24. The molecule has 2 aromatic heterocycles. The smallest absolute Gasteiger partial charge is 0.225 e. The van der Waals surface area contributed by atoms with E-state index < -0.39 is 0 Å². The van der Waals surface area contributed by atoms with Gasteiger partial charge in [0.05, 0.1) is 0 Å². The number of piperazine rings is 1. The zero-order valence-electron chi connectivity index (χ0n) is 17.0. The minimum atomic E-state index is 0.544. The lowest BCUT2D eigenvalue weighted by molar-refractivity contribution is 0.634. The van der Waals surface area contributed by atoms with Gasteiger partial charge in [0.25, 0.3) is 0 Å². The zero-order valence-corrected chi connectivity index (χ0v) is 17.0. The highest BCUT2D eigenvalue weighted by Gasteiger charge is 2.21. The van der Waals surface area contributed by atoms with Crippen LogP contribution in [0.5, 0.6) is 0 Å². The van der Waals surface area contributed by atoms with Crippen LogP contribution in [0.2, 0.25) is 0 Å². The first-order valence-corrected chi connectivity index (χ1v) is 10.1. The topological polar surface area (TPSA) is 70.1 Å². The SMILES string of the molecule is CC(C)CNc1cc(N2CCN(c3ncccn3)CC2)nc(-c2ccccc2)n1. The Morgan fingerprint density at radius 1 is 0.897 bits per heavy atom. The second-order valence-electron chi connectivity index (χ2n) is 7.60. The Kier molecular flexibility index (Phi) is 5.84. The molecule has 1 aliphatic heterocycles. The van der Waals surface area contributed by atoms with Crippen LogP contribution < -0.4 is 15.1 Å². The number of hydrogen-bond acceptors (Lipinski definition) is 7. The van der Waals surface area contributed by atoms with Gasteiger partial charge in [-0.1, -0.05) is 44.2 Å². The number of nitrogens with one attached hydrogen (secondary N) is 1. The van der Waals surface area contributed by atoms with E-state index in [2.05, 4.69) is 57.1 Å². The molecule has 4 rings (SSSR count). The molecular weight excluding hydrogens is 362 g/mol. The van der Waals surface area contributed by atoms with Crippen LogP contribution in [0.25, 0.3) is 11.4 Å². The molecule has 3 heterocycles. The van der Waals surface area contributed by atoms with Gasteiger partial charge in [-0.3, -0.25) is 0 Å². The first kappa shape index (κ1) is 19.1. The average Bonchev–Trinajstić information content (AvgIpc) is 2.79. The van der Waals surface area contributed by atoms with Gasteiger partial charge in [-0.05, 0) is 12.0 Å². The van der Waals surface area contributed by atoms with Crippen molar-refractivity contribution in [1.82, 2.24) is 19.9 Å². The van der Waals surface area contributed by atoms with E-state index in [9.17, 15) is 0 Å². The first-order chi connectivity index (χ1) is 14.2. The van der Waals surface area contributed by atoms with Crippen molar-refractivity contribution in [2.45, 2.75) is 13.8 Å². The third-order valence-corrected chi connectivity index (χ3v) is 4.87. The Bertz CT molecular complexity index is 907. The molecule has 0 bridgehead atoms. The Labute approximate surface area is 171 Å². The van der Waals surface area contributed by atoms with Crippen LogP contribution >= 0.6 is 0 Å². The highest BCUT2D eigenvalue weighted by atomic mass is 15.3. The molecule has 7 nitrogen and oxygen atoms in total. The second kappa shape index (κ2) is 8.86. The molecule has 0 aliphatic carbocycles. The molecule has 1 N–H and O–H groups in total. The Hall–Kier alpha value is -3.22. The van der Waals surface area contributed by atoms with Crippen LogP contribution in [0.4, 0.5) is 17.6 Å². The van der Waals surface area contributed by atoms with E-state index in [1.807, 2.05) is 24.3 Å². The number of nitrogens with zero attached hydrogens (tertiary/aromatic N) is 6. The van der Waals surface area contributed by atoms with E-state index in [1.54, 1.807) is 12.4 Å². The summed E-state index contributed by atoms with van der Waals surface area (Å²) < 4.78 is 0. The summed E-state index contributed by atoms with van der Waals surface area (Å²) in [5, 5.41) is 3.46. The van der Waals surface area contributed by atoms with Crippen molar-refractivity contribution in [2.75, 3.05) is 47.8 Å². The molecule has 0 radical (unpaired) electrons.